The van der Waals surface area contributed by atoms with E-state index in [1.54, 1.807) is 38.5 Å². The van der Waals surface area contributed by atoms with E-state index in [0.29, 0.717) is 11.6 Å². The first-order valence-corrected chi connectivity index (χ1v) is 12.0. The lowest BCUT2D eigenvalue weighted by molar-refractivity contribution is -0.119. The number of hydrogen-bond acceptors (Lipinski definition) is 4. The molecule has 1 saturated carbocycles. The molecule has 0 bridgehead atoms. The van der Waals surface area contributed by atoms with Crippen molar-refractivity contribution in [3.63, 3.8) is 0 Å². The molecule has 1 aromatic heterocycles. The minimum absolute atomic E-state index is 0.0502. The third-order valence-electron chi connectivity index (χ3n) is 6.57. The van der Waals surface area contributed by atoms with E-state index in [-0.39, 0.29) is 17.4 Å². The second kappa shape index (κ2) is 10.5. The number of aromatic nitrogens is 1. The van der Waals surface area contributed by atoms with E-state index in [0.717, 1.165) is 42.5 Å². The van der Waals surface area contributed by atoms with Crippen LogP contribution in [0.15, 0.2) is 41.2 Å². The van der Waals surface area contributed by atoms with Gasteiger partial charge in [0.25, 0.3) is 0 Å². The number of anilines is 1. The molecule has 1 aliphatic rings. The number of hydrogen-bond donors (Lipinski definition) is 2. The van der Waals surface area contributed by atoms with Crippen molar-refractivity contribution in [1.29, 1.82) is 0 Å². The topological polar surface area (TPSA) is 89.4 Å². The summed E-state index contributed by atoms with van der Waals surface area (Å²) in [7, 11) is 1.75. The quantitative estimate of drug-likeness (QED) is 0.646. The summed E-state index contributed by atoms with van der Waals surface area (Å²) >= 11 is 0. The van der Waals surface area contributed by atoms with E-state index in [4.69, 9.17) is 4.74 Å². The molecular formula is C27H37N3O4. The Bertz CT molecular complexity index is 1070. The highest BCUT2D eigenvalue weighted by Crippen LogP contribution is 2.31. The summed E-state index contributed by atoms with van der Waals surface area (Å²) in [5.74, 6) is 0.461. The number of nitrogens with zero attached hydrogens (tertiary/aromatic N) is 1. The Hall–Kier alpha value is -3.09. The largest absolute Gasteiger partial charge is 0.444 e. The Morgan fingerprint density at radius 1 is 1.03 bits per heavy atom. The molecule has 0 unspecified atom stereocenters. The normalized spacial score (nSPS) is 19.2. The molecule has 2 N–H and O–H groups in total. The average molecular weight is 468 g/mol. The van der Waals surface area contributed by atoms with Gasteiger partial charge < -0.3 is 19.9 Å². The van der Waals surface area contributed by atoms with Gasteiger partial charge in [-0.3, -0.25) is 9.59 Å². The Balaban J connectivity index is 1.75. The minimum atomic E-state index is -0.659. The fourth-order valence-electron chi connectivity index (χ4n) is 4.44. The summed E-state index contributed by atoms with van der Waals surface area (Å²) in [5, 5.41) is 5.80. The number of pyridine rings is 1. The molecule has 1 aliphatic carbocycles. The lowest BCUT2D eigenvalue weighted by atomic mass is 9.79. The number of nitrogens with one attached hydrogen (secondary N) is 2. The maximum Gasteiger partial charge on any atom is 0.408 e. The highest BCUT2D eigenvalue weighted by Gasteiger charge is 2.33. The third kappa shape index (κ3) is 6.49. The summed E-state index contributed by atoms with van der Waals surface area (Å²) < 4.78 is 7.03. The molecule has 1 heterocycles. The lowest BCUT2D eigenvalue weighted by Crippen LogP contribution is -2.50. The molecule has 7 heteroatoms. The number of ether oxygens (including phenoxy) is 1. The van der Waals surface area contributed by atoms with Crippen molar-refractivity contribution in [3.05, 3.63) is 52.4 Å². The average Bonchev–Trinajstić information content (AvgIpc) is 2.76. The standard InChI is InChI=1S/C27H37N3O4/c1-17-7-9-20(10-8-17)24(29-26(33)34-27(3,4)5)25(32)28-21-13-11-19(12-14-21)22-15-16-23(31)30(6)18(22)2/h11-17,20,24H,7-10H2,1-6H3,(H,28,32)(H,29,33)/t17?,20?,24-/m0/s1. The van der Waals surface area contributed by atoms with Gasteiger partial charge in [-0.2, -0.15) is 0 Å². The molecule has 1 aromatic carbocycles. The number of benzene rings is 1. The fourth-order valence-corrected chi connectivity index (χ4v) is 4.44. The fraction of sp³-hybridized carbons (Fsp3) is 0.519. The number of alkyl carbamates (subject to hydrolysis) is 1. The number of rotatable bonds is 5. The molecule has 0 saturated heterocycles. The van der Waals surface area contributed by atoms with Gasteiger partial charge in [-0.05, 0) is 76.1 Å². The number of carbonyl (C=O) groups is 2. The summed E-state index contributed by atoms with van der Waals surface area (Å²) in [6.07, 6.45) is 3.28. The highest BCUT2D eigenvalue weighted by atomic mass is 16.6. The van der Waals surface area contributed by atoms with E-state index in [1.165, 1.54) is 0 Å². The third-order valence-corrected chi connectivity index (χ3v) is 6.57. The molecule has 0 radical (unpaired) electrons. The van der Waals surface area contributed by atoms with Gasteiger partial charge in [-0.1, -0.05) is 31.9 Å². The number of carbonyl (C=O) groups excluding carboxylic acids is 2. The van der Waals surface area contributed by atoms with Crippen molar-refractivity contribution in [2.75, 3.05) is 5.32 Å². The van der Waals surface area contributed by atoms with Gasteiger partial charge >= 0.3 is 6.09 Å². The zero-order valence-electron chi connectivity index (χ0n) is 21.1. The van der Waals surface area contributed by atoms with Crippen molar-refractivity contribution < 1.29 is 14.3 Å². The minimum Gasteiger partial charge on any atom is -0.444 e. The molecule has 1 fully saturated rings. The van der Waals surface area contributed by atoms with E-state index in [9.17, 15) is 14.4 Å². The summed E-state index contributed by atoms with van der Waals surface area (Å²) in [6.45, 7) is 9.54. The van der Waals surface area contributed by atoms with Gasteiger partial charge in [-0.25, -0.2) is 4.79 Å². The Morgan fingerprint density at radius 2 is 1.65 bits per heavy atom. The monoisotopic (exact) mass is 467 g/mol. The van der Waals surface area contributed by atoms with E-state index < -0.39 is 17.7 Å². The van der Waals surface area contributed by atoms with Gasteiger partial charge in [-0.15, -0.1) is 0 Å². The predicted molar refractivity (Wildman–Crippen MR) is 135 cm³/mol. The molecule has 1 atom stereocenters. The molecule has 3 rings (SSSR count). The van der Waals surface area contributed by atoms with Crippen molar-refractivity contribution in [1.82, 2.24) is 9.88 Å². The number of amides is 2. The van der Waals surface area contributed by atoms with Crippen molar-refractivity contribution in [2.24, 2.45) is 18.9 Å². The molecule has 0 spiro atoms. The zero-order valence-corrected chi connectivity index (χ0v) is 21.1. The van der Waals surface area contributed by atoms with E-state index in [2.05, 4.69) is 17.6 Å². The van der Waals surface area contributed by atoms with Crippen LogP contribution in [0.25, 0.3) is 11.1 Å². The van der Waals surface area contributed by atoms with Gasteiger partial charge in [0.05, 0.1) is 0 Å². The van der Waals surface area contributed by atoms with E-state index in [1.807, 2.05) is 37.3 Å². The maximum absolute atomic E-state index is 13.3. The van der Waals surface area contributed by atoms with Gasteiger partial charge in [0, 0.05) is 30.1 Å². The SMILES string of the molecule is Cc1c(-c2ccc(NC(=O)[C@@H](NC(=O)OC(C)(C)C)C3CCC(C)CC3)cc2)ccc(=O)n1C. The molecule has 7 nitrogen and oxygen atoms in total. The van der Waals surface area contributed by atoms with Crippen LogP contribution in [0.1, 0.15) is 59.1 Å². The van der Waals surface area contributed by atoms with Gasteiger partial charge in [0.15, 0.2) is 0 Å². The molecular weight excluding hydrogens is 430 g/mol. The first-order valence-electron chi connectivity index (χ1n) is 12.0. The van der Waals surface area contributed by atoms with Crippen LogP contribution in [0.3, 0.4) is 0 Å². The van der Waals surface area contributed by atoms with Crippen molar-refractivity contribution in [2.45, 2.75) is 71.9 Å². The van der Waals surface area contributed by atoms with Crippen LogP contribution >= 0.6 is 0 Å². The predicted octanol–water partition coefficient (Wildman–Crippen LogP) is 5.02. The van der Waals surface area contributed by atoms with Crippen LogP contribution in [0.4, 0.5) is 10.5 Å². The molecule has 0 aliphatic heterocycles. The second-order valence-electron chi connectivity index (χ2n) is 10.4. The molecule has 34 heavy (non-hydrogen) atoms. The highest BCUT2D eigenvalue weighted by molar-refractivity contribution is 5.97. The van der Waals surface area contributed by atoms with Crippen LogP contribution in [0.2, 0.25) is 0 Å². The van der Waals surface area contributed by atoms with Crippen LogP contribution in [0.5, 0.6) is 0 Å². The summed E-state index contributed by atoms with van der Waals surface area (Å²) in [4.78, 5) is 37.6. The Kier molecular flexibility index (Phi) is 7.85. The zero-order chi connectivity index (χ0) is 25.0. The molecule has 184 valence electrons. The lowest BCUT2D eigenvalue weighted by Gasteiger charge is -2.33. The second-order valence-corrected chi connectivity index (χ2v) is 10.4. The van der Waals surface area contributed by atoms with E-state index >= 15 is 0 Å². The first kappa shape index (κ1) is 25.5. The van der Waals surface area contributed by atoms with Crippen LogP contribution in [-0.2, 0) is 16.6 Å². The van der Waals surface area contributed by atoms with Gasteiger partial charge in [0.1, 0.15) is 11.6 Å². The Morgan fingerprint density at radius 3 is 2.24 bits per heavy atom. The summed E-state index contributed by atoms with van der Waals surface area (Å²) in [6, 6.07) is 10.2. The van der Waals surface area contributed by atoms with Crippen LogP contribution in [-0.4, -0.2) is 28.2 Å². The van der Waals surface area contributed by atoms with Crippen LogP contribution in [0, 0.1) is 18.8 Å². The van der Waals surface area contributed by atoms with Gasteiger partial charge in [0.2, 0.25) is 11.5 Å². The van der Waals surface area contributed by atoms with Crippen molar-refractivity contribution >= 4 is 17.7 Å². The summed E-state index contributed by atoms with van der Waals surface area (Å²) in [5.41, 5.74) is 2.75. The van der Waals surface area contributed by atoms with Crippen molar-refractivity contribution in [3.8, 4) is 11.1 Å². The maximum atomic E-state index is 13.3. The molecule has 2 amide bonds. The smallest absolute Gasteiger partial charge is 0.408 e. The first-order chi connectivity index (χ1) is 15.9. The Labute approximate surface area is 201 Å². The molecule has 2 aromatic rings. The van der Waals surface area contributed by atoms with Crippen LogP contribution < -0.4 is 16.2 Å².